The lowest BCUT2D eigenvalue weighted by Gasteiger charge is -2.22. The van der Waals surface area contributed by atoms with Crippen molar-refractivity contribution in [1.29, 1.82) is 0 Å². The molecule has 0 radical (unpaired) electrons. The van der Waals surface area contributed by atoms with Crippen molar-refractivity contribution in [2.75, 3.05) is 18.0 Å². The molecule has 0 amide bonds. The van der Waals surface area contributed by atoms with Gasteiger partial charge in [-0.25, -0.2) is 0 Å². The molecule has 1 aliphatic rings. The Morgan fingerprint density at radius 2 is 2.32 bits per heavy atom. The van der Waals surface area contributed by atoms with E-state index < -0.39 is 16.4 Å². The number of aliphatic carboxylic acids is 1. The van der Waals surface area contributed by atoms with Gasteiger partial charge in [-0.2, -0.15) is 0 Å². The number of carboxylic acids is 1. The van der Waals surface area contributed by atoms with Crippen LogP contribution in [-0.2, 0) is 4.79 Å². The van der Waals surface area contributed by atoms with E-state index >= 15 is 0 Å². The lowest BCUT2D eigenvalue weighted by atomic mass is 10.0. The lowest BCUT2D eigenvalue weighted by molar-refractivity contribution is -0.384. The van der Waals surface area contributed by atoms with Crippen molar-refractivity contribution in [3.05, 3.63) is 27.0 Å². The van der Waals surface area contributed by atoms with Gasteiger partial charge in [-0.3, -0.25) is 19.9 Å². The molecule has 1 aromatic heterocycles. The number of rotatable bonds is 3. The van der Waals surface area contributed by atoms with Gasteiger partial charge in [0, 0.05) is 19.3 Å². The summed E-state index contributed by atoms with van der Waals surface area (Å²) in [5.41, 5.74) is 4.52. The first-order valence-electron chi connectivity index (χ1n) is 5.40. The Morgan fingerprint density at radius 3 is 2.84 bits per heavy atom. The molecule has 19 heavy (non-hydrogen) atoms. The molecule has 1 atom stereocenters. The van der Waals surface area contributed by atoms with Gasteiger partial charge in [-0.15, -0.1) is 0 Å². The maximum absolute atomic E-state index is 11.1. The molecule has 0 spiro atoms. The Kier molecular flexibility index (Phi) is 3.42. The quantitative estimate of drug-likeness (QED) is 0.619. The highest BCUT2D eigenvalue weighted by Gasteiger charge is 2.43. The van der Waals surface area contributed by atoms with E-state index in [0.717, 1.165) is 6.20 Å². The van der Waals surface area contributed by atoms with E-state index in [0.29, 0.717) is 16.7 Å². The number of nitro groups is 1. The van der Waals surface area contributed by atoms with Gasteiger partial charge in [0.1, 0.15) is 17.4 Å². The number of aromatic nitrogens is 1. The third kappa shape index (κ3) is 2.38. The number of anilines is 1. The summed E-state index contributed by atoms with van der Waals surface area (Å²) in [6.45, 7) is 0.359. The van der Waals surface area contributed by atoms with Crippen LogP contribution in [-0.4, -0.2) is 39.6 Å². The highest BCUT2D eigenvalue weighted by molar-refractivity contribution is 9.10. The first kappa shape index (κ1) is 13.7. The van der Waals surface area contributed by atoms with Crippen LogP contribution in [0.3, 0.4) is 0 Å². The van der Waals surface area contributed by atoms with E-state index in [9.17, 15) is 14.9 Å². The summed E-state index contributed by atoms with van der Waals surface area (Å²) >= 11 is 3.20. The van der Waals surface area contributed by atoms with Crippen LogP contribution in [0, 0.1) is 10.1 Å². The van der Waals surface area contributed by atoms with E-state index in [2.05, 4.69) is 20.9 Å². The molecule has 2 rings (SSSR count). The summed E-state index contributed by atoms with van der Waals surface area (Å²) in [7, 11) is 0. The van der Waals surface area contributed by atoms with Crippen LogP contribution in [0.15, 0.2) is 16.9 Å². The molecule has 1 saturated heterocycles. The number of hydrogen-bond acceptors (Lipinski definition) is 6. The predicted molar refractivity (Wildman–Crippen MR) is 70.0 cm³/mol. The Balaban J connectivity index is 2.39. The number of pyridine rings is 1. The van der Waals surface area contributed by atoms with Gasteiger partial charge in [-0.05, 0) is 22.4 Å². The van der Waals surface area contributed by atoms with Gasteiger partial charge in [-0.1, -0.05) is 0 Å². The predicted octanol–water partition coefficient (Wildman–Crippen LogP) is 0.744. The summed E-state index contributed by atoms with van der Waals surface area (Å²) in [5.74, 6) is -1.11. The van der Waals surface area contributed by atoms with Crippen LogP contribution in [0.1, 0.15) is 6.42 Å². The van der Waals surface area contributed by atoms with Gasteiger partial charge in [0.05, 0.1) is 9.40 Å². The molecule has 1 aliphatic heterocycles. The van der Waals surface area contributed by atoms with Crippen molar-refractivity contribution >= 4 is 33.3 Å². The largest absolute Gasteiger partial charge is 0.480 e. The van der Waals surface area contributed by atoms with Crippen LogP contribution >= 0.6 is 15.9 Å². The summed E-state index contributed by atoms with van der Waals surface area (Å²) in [6.07, 6.45) is 2.80. The van der Waals surface area contributed by atoms with Crippen molar-refractivity contribution in [1.82, 2.24) is 4.98 Å². The second kappa shape index (κ2) is 4.74. The number of hydrogen-bond donors (Lipinski definition) is 2. The van der Waals surface area contributed by atoms with Gasteiger partial charge >= 0.3 is 11.7 Å². The lowest BCUT2D eigenvalue weighted by Crippen LogP contribution is -2.50. The number of halogens is 1. The molecule has 102 valence electrons. The van der Waals surface area contributed by atoms with Crippen LogP contribution in [0.5, 0.6) is 0 Å². The summed E-state index contributed by atoms with van der Waals surface area (Å²) in [4.78, 5) is 26.9. The van der Waals surface area contributed by atoms with E-state index in [1.165, 1.54) is 6.20 Å². The van der Waals surface area contributed by atoms with Crippen molar-refractivity contribution in [3.63, 3.8) is 0 Å². The van der Waals surface area contributed by atoms with Crippen molar-refractivity contribution < 1.29 is 14.8 Å². The molecule has 0 saturated carbocycles. The average molecular weight is 331 g/mol. The molecule has 2 heterocycles. The third-order valence-corrected chi connectivity index (χ3v) is 3.67. The molecule has 8 nitrogen and oxygen atoms in total. The minimum Gasteiger partial charge on any atom is -0.480 e. The molecule has 0 aromatic carbocycles. The fraction of sp³-hybridized carbons (Fsp3) is 0.400. The van der Waals surface area contributed by atoms with Crippen LogP contribution in [0.4, 0.5) is 11.4 Å². The molecule has 1 aromatic rings. The first-order chi connectivity index (χ1) is 8.85. The third-order valence-electron chi connectivity index (χ3n) is 3.09. The van der Waals surface area contributed by atoms with Gasteiger partial charge < -0.3 is 15.7 Å². The normalized spacial score (nSPS) is 22.5. The van der Waals surface area contributed by atoms with Crippen LogP contribution < -0.4 is 10.6 Å². The van der Waals surface area contributed by atoms with E-state index in [1.54, 1.807) is 4.90 Å². The molecule has 0 aliphatic carbocycles. The molecular weight excluding hydrogens is 320 g/mol. The molecule has 9 heteroatoms. The van der Waals surface area contributed by atoms with Crippen molar-refractivity contribution in [3.8, 4) is 0 Å². The highest BCUT2D eigenvalue weighted by atomic mass is 79.9. The summed E-state index contributed by atoms with van der Waals surface area (Å²) < 4.78 is 0.441. The number of carboxylic acid groups (broad SMARTS) is 1. The summed E-state index contributed by atoms with van der Waals surface area (Å²) in [5, 5.41) is 20.1. The molecule has 1 fully saturated rings. The second-order valence-electron chi connectivity index (χ2n) is 4.38. The monoisotopic (exact) mass is 330 g/mol. The van der Waals surface area contributed by atoms with Gasteiger partial charge in [0.2, 0.25) is 0 Å². The fourth-order valence-electron chi connectivity index (χ4n) is 2.06. The molecule has 3 N–H and O–H groups in total. The SMILES string of the molecule is NC1(C(=O)O)CCN(c2c(Br)cncc2[N+](=O)[O-])C1. The van der Waals surface area contributed by atoms with Crippen molar-refractivity contribution in [2.45, 2.75) is 12.0 Å². The number of nitrogens with two attached hydrogens (primary N) is 1. The van der Waals surface area contributed by atoms with Crippen LogP contribution in [0.2, 0.25) is 0 Å². The second-order valence-corrected chi connectivity index (χ2v) is 5.23. The van der Waals surface area contributed by atoms with Gasteiger partial charge in [0.25, 0.3) is 0 Å². The maximum Gasteiger partial charge on any atom is 0.325 e. The van der Waals surface area contributed by atoms with Crippen LogP contribution in [0.25, 0.3) is 0 Å². The zero-order valence-corrected chi connectivity index (χ0v) is 11.3. The number of carbonyl (C=O) groups is 1. The van der Waals surface area contributed by atoms with E-state index in [1.807, 2.05) is 0 Å². The summed E-state index contributed by atoms with van der Waals surface area (Å²) in [6, 6.07) is 0. The zero-order valence-electron chi connectivity index (χ0n) is 9.74. The Bertz CT molecular complexity index is 552. The highest BCUT2D eigenvalue weighted by Crippen LogP contribution is 2.37. The first-order valence-corrected chi connectivity index (χ1v) is 6.19. The minimum atomic E-state index is -1.38. The van der Waals surface area contributed by atoms with Crippen molar-refractivity contribution in [2.24, 2.45) is 5.73 Å². The van der Waals surface area contributed by atoms with E-state index in [4.69, 9.17) is 10.8 Å². The zero-order chi connectivity index (χ0) is 14.2. The molecular formula is C10H11BrN4O4. The van der Waals surface area contributed by atoms with Gasteiger partial charge in [0.15, 0.2) is 0 Å². The average Bonchev–Trinajstić information content (AvgIpc) is 2.72. The Morgan fingerprint density at radius 1 is 1.63 bits per heavy atom. The fourth-order valence-corrected chi connectivity index (χ4v) is 2.64. The Labute approximate surface area is 116 Å². The molecule has 1 unspecified atom stereocenters. The Hall–Kier alpha value is -1.74. The van der Waals surface area contributed by atoms with E-state index in [-0.39, 0.29) is 18.7 Å². The molecule has 0 bridgehead atoms. The minimum absolute atomic E-state index is 0.0196. The standard InChI is InChI=1S/C10H11BrN4O4/c11-6-3-13-4-7(15(18)19)8(6)14-2-1-10(12,5-14)9(16)17/h3-4H,1-2,5,12H2,(H,16,17). The smallest absolute Gasteiger partial charge is 0.325 e. The maximum atomic E-state index is 11.1. The number of nitrogens with zero attached hydrogens (tertiary/aromatic N) is 3. The topological polar surface area (TPSA) is 123 Å².